The van der Waals surface area contributed by atoms with E-state index in [0.29, 0.717) is 12.2 Å². The zero-order valence-corrected chi connectivity index (χ0v) is 9.90. The molecule has 0 saturated carbocycles. The fourth-order valence-corrected chi connectivity index (χ4v) is 1.47. The van der Waals surface area contributed by atoms with Crippen molar-refractivity contribution in [1.29, 1.82) is 0 Å². The maximum atomic E-state index is 11.3. The summed E-state index contributed by atoms with van der Waals surface area (Å²) >= 11 is 0. The van der Waals surface area contributed by atoms with Crippen molar-refractivity contribution in [2.45, 2.75) is 26.2 Å². The summed E-state index contributed by atoms with van der Waals surface area (Å²) in [5.41, 5.74) is 1.66. The Morgan fingerprint density at radius 1 is 1.38 bits per heavy atom. The zero-order valence-electron chi connectivity index (χ0n) is 9.90. The number of ether oxygens (including phenoxy) is 1. The lowest BCUT2D eigenvalue weighted by atomic mass is 9.98. The first kappa shape index (κ1) is 12.5. The molecule has 1 atom stereocenters. The van der Waals surface area contributed by atoms with E-state index in [1.54, 1.807) is 6.92 Å². The van der Waals surface area contributed by atoms with Crippen LogP contribution in [0.15, 0.2) is 42.5 Å². The number of esters is 1. The molecule has 1 aromatic carbocycles. The standard InChI is InChI=1S/C14H18O2/c1-4-12(10-16-14(15)11(2)3)13-8-6-5-7-9-13/h5-9,12H,2,4,10H2,1,3H3. The number of carbonyl (C=O) groups excluding carboxylic acids is 1. The molecule has 0 amide bonds. The van der Waals surface area contributed by atoms with Crippen molar-refractivity contribution in [2.24, 2.45) is 0 Å². The molecular weight excluding hydrogens is 200 g/mol. The van der Waals surface area contributed by atoms with E-state index in [1.807, 2.05) is 18.2 Å². The normalized spacial score (nSPS) is 11.9. The monoisotopic (exact) mass is 218 g/mol. The van der Waals surface area contributed by atoms with Crippen molar-refractivity contribution in [3.05, 3.63) is 48.0 Å². The van der Waals surface area contributed by atoms with Crippen LogP contribution in [-0.4, -0.2) is 12.6 Å². The highest BCUT2D eigenvalue weighted by Crippen LogP contribution is 2.19. The van der Waals surface area contributed by atoms with E-state index < -0.39 is 0 Å². The number of hydrogen-bond donors (Lipinski definition) is 0. The van der Waals surface area contributed by atoms with E-state index >= 15 is 0 Å². The summed E-state index contributed by atoms with van der Waals surface area (Å²) in [4.78, 5) is 11.3. The third-order valence-corrected chi connectivity index (χ3v) is 2.53. The zero-order chi connectivity index (χ0) is 12.0. The molecule has 0 aliphatic carbocycles. The summed E-state index contributed by atoms with van der Waals surface area (Å²) in [5.74, 6) is -0.0427. The van der Waals surface area contributed by atoms with Gasteiger partial charge in [0.05, 0.1) is 6.61 Å². The molecule has 0 radical (unpaired) electrons. The highest BCUT2D eigenvalue weighted by atomic mass is 16.5. The molecule has 1 unspecified atom stereocenters. The van der Waals surface area contributed by atoms with Gasteiger partial charge in [-0.3, -0.25) is 0 Å². The SMILES string of the molecule is C=C(C)C(=O)OCC(CC)c1ccccc1. The number of hydrogen-bond acceptors (Lipinski definition) is 2. The van der Waals surface area contributed by atoms with Crippen LogP contribution in [0.4, 0.5) is 0 Å². The summed E-state index contributed by atoms with van der Waals surface area (Å²) in [6.07, 6.45) is 0.952. The van der Waals surface area contributed by atoms with Gasteiger partial charge in [0.15, 0.2) is 0 Å². The molecule has 0 heterocycles. The number of benzene rings is 1. The molecule has 0 aliphatic heterocycles. The van der Waals surface area contributed by atoms with Crippen molar-refractivity contribution in [3.8, 4) is 0 Å². The van der Waals surface area contributed by atoms with Crippen molar-refractivity contribution in [3.63, 3.8) is 0 Å². The molecule has 0 aliphatic rings. The van der Waals surface area contributed by atoms with E-state index in [0.717, 1.165) is 6.42 Å². The lowest BCUT2D eigenvalue weighted by molar-refractivity contribution is -0.139. The van der Waals surface area contributed by atoms with Gasteiger partial charge in [-0.05, 0) is 18.9 Å². The predicted molar refractivity (Wildman–Crippen MR) is 65.2 cm³/mol. The Morgan fingerprint density at radius 2 is 2.00 bits per heavy atom. The van der Waals surface area contributed by atoms with Crippen molar-refractivity contribution in [1.82, 2.24) is 0 Å². The molecular formula is C14H18O2. The average Bonchev–Trinajstić information content (AvgIpc) is 2.30. The van der Waals surface area contributed by atoms with Gasteiger partial charge in [0, 0.05) is 11.5 Å². The van der Waals surface area contributed by atoms with Crippen LogP contribution >= 0.6 is 0 Å². The fraction of sp³-hybridized carbons (Fsp3) is 0.357. The largest absolute Gasteiger partial charge is 0.462 e. The van der Waals surface area contributed by atoms with Crippen molar-refractivity contribution in [2.75, 3.05) is 6.61 Å². The van der Waals surface area contributed by atoms with Crippen LogP contribution in [0.5, 0.6) is 0 Å². The molecule has 2 heteroatoms. The van der Waals surface area contributed by atoms with Crippen molar-refractivity contribution < 1.29 is 9.53 Å². The maximum Gasteiger partial charge on any atom is 0.333 e. The molecule has 0 fully saturated rings. The molecule has 2 nitrogen and oxygen atoms in total. The second kappa shape index (κ2) is 6.11. The second-order valence-corrected chi connectivity index (χ2v) is 3.89. The van der Waals surface area contributed by atoms with Crippen LogP contribution in [0.3, 0.4) is 0 Å². The highest BCUT2D eigenvalue weighted by Gasteiger charge is 2.12. The molecule has 1 aromatic rings. The molecule has 0 aromatic heterocycles. The average molecular weight is 218 g/mol. The van der Waals surface area contributed by atoms with E-state index in [1.165, 1.54) is 5.56 Å². The summed E-state index contributed by atoms with van der Waals surface area (Å²) in [6, 6.07) is 10.1. The molecule has 0 saturated heterocycles. The summed E-state index contributed by atoms with van der Waals surface area (Å²) in [5, 5.41) is 0. The van der Waals surface area contributed by atoms with Gasteiger partial charge in [0.25, 0.3) is 0 Å². The van der Waals surface area contributed by atoms with Crippen molar-refractivity contribution >= 4 is 5.97 Å². The minimum Gasteiger partial charge on any atom is -0.462 e. The van der Waals surface area contributed by atoms with Gasteiger partial charge < -0.3 is 4.74 Å². The smallest absolute Gasteiger partial charge is 0.333 e. The summed E-state index contributed by atoms with van der Waals surface area (Å²) in [6.45, 7) is 7.73. The van der Waals surface area contributed by atoms with E-state index in [-0.39, 0.29) is 11.9 Å². The van der Waals surface area contributed by atoms with Crippen LogP contribution in [0.25, 0.3) is 0 Å². The minimum absolute atomic E-state index is 0.268. The lowest BCUT2D eigenvalue weighted by Gasteiger charge is -2.15. The van der Waals surface area contributed by atoms with E-state index in [4.69, 9.17) is 4.74 Å². The Labute approximate surface area is 96.9 Å². The van der Waals surface area contributed by atoms with Crippen LogP contribution < -0.4 is 0 Å². The molecule has 1 rings (SSSR count). The Balaban J connectivity index is 2.57. The maximum absolute atomic E-state index is 11.3. The van der Waals surface area contributed by atoms with E-state index in [2.05, 4.69) is 25.6 Å². The summed E-state index contributed by atoms with van der Waals surface area (Å²) < 4.78 is 5.17. The first-order valence-electron chi connectivity index (χ1n) is 5.52. The second-order valence-electron chi connectivity index (χ2n) is 3.89. The highest BCUT2D eigenvalue weighted by molar-refractivity contribution is 5.86. The van der Waals surface area contributed by atoms with Crippen LogP contribution in [-0.2, 0) is 9.53 Å². The molecule has 0 N–H and O–H groups in total. The number of rotatable bonds is 5. The van der Waals surface area contributed by atoms with Gasteiger partial charge in [0.2, 0.25) is 0 Å². The van der Waals surface area contributed by atoms with E-state index in [9.17, 15) is 4.79 Å². The summed E-state index contributed by atoms with van der Waals surface area (Å²) in [7, 11) is 0. The van der Waals surface area contributed by atoms with Gasteiger partial charge in [0.1, 0.15) is 0 Å². The topological polar surface area (TPSA) is 26.3 Å². The molecule has 86 valence electrons. The van der Waals surface area contributed by atoms with Crippen LogP contribution in [0.2, 0.25) is 0 Å². The quantitative estimate of drug-likeness (QED) is 0.560. The minimum atomic E-state index is -0.311. The molecule has 0 bridgehead atoms. The number of carbonyl (C=O) groups is 1. The predicted octanol–water partition coefficient (Wildman–Crippen LogP) is 3.30. The first-order chi connectivity index (χ1) is 7.65. The Morgan fingerprint density at radius 3 is 2.50 bits per heavy atom. The van der Waals surface area contributed by atoms with Gasteiger partial charge in [-0.2, -0.15) is 0 Å². The van der Waals surface area contributed by atoms with Gasteiger partial charge in [-0.15, -0.1) is 0 Å². The third kappa shape index (κ3) is 3.54. The van der Waals surface area contributed by atoms with Gasteiger partial charge >= 0.3 is 5.97 Å². The van der Waals surface area contributed by atoms with Crippen LogP contribution in [0.1, 0.15) is 31.7 Å². The molecule has 16 heavy (non-hydrogen) atoms. The Kier molecular flexibility index (Phi) is 4.77. The Bertz CT molecular complexity index is 354. The van der Waals surface area contributed by atoms with Crippen LogP contribution in [0, 0.1) is 0 Å². The van der Waals surface area contributed by atoms with Gasteiger partial charge in [-0.25, -0.2) is 4.79 Å². The third-order valence-electron chi connectivity index (χ3n) is 2.53. The van der Waals surface area contributed by atoms with Gasteiger partial charge in [-0.1, -0.05) is 43.8 Å². The lowest BCUT2D eigenvalue weighted by Crippen LogP contribution is -2.12. The molecule has 0 spiro atoms. The first-order valence-corrected chi connectivity index (χ1v) is 5.52. The Hall–Kier alpha value is -1.57. The fourth-order valence-electron chi connectivity index (χ4n) is 1.47.